The molecule has 1 amide bonds. The van der Waals surface area contributed by atoms with Crippen molar-refractivity contribution in [3.63, 3.8) is 0 Å². The zero-order chi connectivity index (χ0) is 14.7. The largest absolute Gasteiger partial charge is 0.317 e. The van der Waals surface area contributed by atoms with E-state index in [2.05, 4.69) is 25.4 Å². The van der Waals surface area contributed by atoms with Gasteiger partial charge in [0.1, 0.15) is 23.5 Å². The number of nitrogens with one attached hydrogen (secondary N) is 1. The average molecular weight is 301 g/mol. The Morgan fingerprint density at radius 1 is 1.24 bits per heavy atom. The third-order valence-electron chi connectivity index (χ3n) is 2.62. The minimum Gasteiger partial charge on any atom is -0.317 e. The third-order valence-corrected chi connectivity index (χ3v) is 2.83. The van der Waals surface area contributed by atoms with Crippen LogP contribution in [0.25, 0.3) is 5.82 Å². The van der Waals surface area contributed by atoms with Crippen molar-refractivity contribution in [3.8, 4) is 5.82 Å². The second-order valence-electron chi connectivity index (χ2n) is 4.01. The summed E-state index contributed by atoms with van der Waals surface area (Å²) in [4.78, 5) is 24.2. The number of nitrogens with zero attached hydrogens (tertiary/aromatic N) is 5. The molecule has 0 spiro atoms. The van der Waals surface area contributed by atoms with Crippen LogP contribution in [0.1, 0.15) is 10.5 Å². The van der Waals surface area contributed by atoms with Crippen molar-refractivity contribution < 1.29 is 4.79 Å². The number of carbonyl (C=O) groups excluding carboxylic acids is 1. The van der Waals surface area contributed by atoms with E-state index in [0.29, 0.717) is 11.5 Å². The molecule has 3 aromatic rings. The van der Waals surface area contributed by atoms with E-state index in [0.717, 1.165) is 0 Å². The topological polar surface area (TPSA) is 85.6 Å². The van der Waals surface area contributed by atoms with Gasteiger partial charge >= 0.3 is 0 Å². The fraction of sp³-hybridized carbons (Fsp3) is 0. The van der Waals surface area contributed by atoms with Crippen molar-refractivity contribution >= 4 is 23.2 Å². The van der Waals surface area contributed by atoms with E-state index in [1.54, 1.807) is 36.5 Å². The molecule has 0 saturated heterocycles. The number of hydrogen-bond donors (Lipinski definition) is 1. The van der Waals surface area contributed by atoms with Gasteiger partial charge in [-0.05, 0) is 24.3 Å². The molecule has 0 saturated carbocycles. The smallest absolute Gasteiger partial charge is 0.274 e. The van der Waals surface area contributed by atoms with E-state index < -0.39 is 0 Å². The van der Waals surface area contributed by atoms with Crippen LogP contribution in [0.4, 0.5) is 5.69 Å². The van der Waals surface area contributed by atoms with Gasteiger partial charge in [-0.3, -0.25) is 4.79 Å². The SMILES string of the molecule is O=C(Nc1cccnc1-n1cncn1)c1cccc(Cl)n1. The van der Waals surface area contributed by atoms with E-state index >= 15 is 0 Å². The molecule has 0 bridgehead atoms. The highest BCUT2D eigenvalue weighted by Gasteiger charge is 2.12. The first-order valence-electron chi connectivity index (χ1n) is 5.98. The van der Waals surface area contributed by atoms with Crippen LogP contribution < -0.4 is 5.32 Å². The van der Waals surface area contributed by atoms with Crippen molar-refractivity contribution in [2.45, 2.75) is 0 Å². The minimum atomic E-state index is -0.383. The van der Waals surface area contributed by atoms with Gasteiger partial charge in [0, 0.05) is 6.20 Å². The molecule has 1 N–H and O–H groups in total. The van der Waals surface area contributed by atoms with Crippen LogP contribution in [0.3, 0.4) is 0 Å². The van der Waals surface area contributed by atoms with Crippen molar-refractivity contribution in [3.05, 3.63) is 60.0 Å². The van der Waals surface area contributed by atoms with Crippen molar-refractivity contribution in [1.82, 2.24) is 24.7 Å². The van der Waals surface area contributed by atoms with Crippen molar-refractivity contribution in [1.29, 1.82) is 0 Å². The lowest BCUT2D eigenvalue weighted by Gasteiger charge is -2.09. The van der Waals surface area contributed by atoms with Crippen LogP contribution in [0, 0.1) is 0 Å². The molecule has 8 heteroatoms. The predicted octanol–water partition coefficient (Wildman–Crippen LogP) is 1.96. The molecule has 7 nitrogen and oxygen atoms in total. The molecular formula is C13H9ClN6O. The molecule has 3 heterocycles. The van der Waals surface area contributed by atoms with Crippen LogP contribution >= 0.6 is 11.6 Å². The molecule has 0 fully saturated rings. The molecule has 0 atom stereocenters. The molecule has 3 aromatic heterocycles. The molecule has 3 rings (SSSR count). The number of carbonyl (C=O) groups is 1. The van der Waals surface area contributed by atoms with Gasteiger partial charge in [-0.2, -0.15) is 5.10 Å². The number of halogens is 1. The second kappa shape index (κ2) is 5.68. The van der Waals surface area contributed by atoms with E-state index in [1.807, 2.05) is 0 Å². The summed E-state index contributed by atoms with van der Waals surface area (Å²) in [6.45, 7) is 0. The normalized spacial score (nSPS) is 10.3. The second-order valence-corrected chi connectivity index (χ2v) is 4.40. The van der Waals surface area contributed by atoms with E-state index in [9.17, 15) is 4.79 Å². The summed E-state index contributed by atoms with van der Waals surface area (Å²) in [6.07, 6.45) is 4.48. The highest BCUT2D eigenvalue weighted by Crippen LogP contribution is 2.17. The molecule has 21 heavy (non-hydrogen) atoms. The Balaban J connectivity index is 1.90. The molecule has 0 aromatic carbocycles. The molecular weight excluding hydrogens is 292 g/mol. The molecule has 0 unspecified atom stereocenters. The van der Waals surface area contributed by atoms with Gasteiger partial charge in [-0.25, -0.2) is 19.6 Å². The summed E-state index contributed by atoms with van der Waals surface area (Å²) < 4.78 is 1.46. The Kier molecular flexibility index (Phi) is 3.57. The maximum absolute atomic E-state index is 12.2. The van der Waals surface area contributed by atoms with Crippen LogP contribution in [0.5, 0.6) is 0 Å². The summed E-state index contributed by atoms with van der Waals surface area (Å²) in [6, 6.07) is 8.26. The van der Waals surface area contributed by atoms with Crippen molar-refractivity contribution in [2.75, 3.05) is 5.32 Å². The number of hydrogen-bond acceptors (Lipinski definition) is 5. The van der Waals surface area contributed by atoms with Crippen LogP contribution in [-0.2, 0) is 0 Å². The highest BCUT2D eigenvalue weighted by molar-refractivity contribution is 6.29. The number of pyridine rings is 2. The van der Waals surface area contributed by atoms with E-state index in [-0.39, 0.29) is 16.8 Å². The predicted molar refractivity (Wildman–Crippen MR) is 76.4 cm³/mol. The van der Waals surface area contributed by atoms with Gasteiger partial charge in [-0.15, -0.1) is 0 Å². The minimum absolute atomic E-state index is 0.218. The fourth-order valence-corrected chi connectivity index (χ4v) is 1.88. The summed E-state index contributed by atoms with van der Waals surface area (Å²) in [7, 11) is 0. The number of amides is 1. The standard InChI is InChI=1S/C13H9ClN6O/c14-11-5-1-3-10(18-11)13(21)19-9-4-2-6-16-12(9)20-8-15-7-17-20/h1-8H,(H,19,21). The molecule has 0 radical (unpaired) electrons. The Bertz CT molecular complexity index is 774. The molecule has 0 aliphatic rings. The van der Waals surface area contributed by atoms with E-state index in [4.69, 9.17) is 11.6 Å². The van der Waals surface area contributed by atoms with Gasteiger partial charge in [0.15, 0.2) is 5.82 Å². The fourth-order valence-electron chi connectivity index (χ4n) is 1.72. The maximum atomic E-state index is 12.2. The lowest BCUT2D eigenvalue weighted by Crippen LogP contribution is -2.16. The van der Waals surface area contributed by atoms with Crippen LogP contribution in [-0.4, -0.2) is 30.6 Å². The first kappa shape index (κ1) is 13.2. The Labute approximate surface area is 124 Å². The first-order chi connectivity index (χ1) is 10.2. The Morgan fingerprint density at radius 3 is 2.90 bits per heavy atom. The maximum Gasteiger partial charge on any atom is 0.274 e. The van der Waals surface area contributed by atoms with Gasteiger partial charge in [0.05, 0.1) is 5.69 Å². The zero-order valence-corrected chi connectivity index (χ0v) is 11.4. The number of rotatable bonds is 3. The summed E-state index contributed by atoms with van der Waals surface area (Å²) in [5.41, 5.74) is 0.714. The zero-order valence-electron chi connectivity index (χ0n) is 10.6. The summed E-state index contributed by atoms with van der Waals surface area (Å²) in [5, 5.41) is 6.98. The third kappa shape index (κ3) is 2.87. The highest BCUT2D eigenvalue weighted by atomic mass is 35.5. The molecule has 104 valence electrons. The average Bonchev–Trinajstić information content (AvgIpc) is 3.02. The quantitative estimate of drug-likeness (QED) is 0.747. The number of anilines is 1. The van der Waals surface area contributed by atoms with Gasteiger partial charge in [0.2, 0.25) is 0 Å². The molecule has 0 aliphatic carbocycles. The van der Waals surface area contributed by atoms with E-state index in [1.165, 1.54) is 17.3 Å². The van der Waals surface area contributed by atoms with Gasteiger partial charge in [0.25, 0.3) is 5.91 Å². The molecule has 0 aliphatic heterocycles. The Morgan fingerprint density at radius 2 is 2.14 bits per heavy atom. The van der Waals surface area contributed by atoms with Crippen molar-refractivity contribution in [2.24, 2.45) is 0 Å². The monoisotopic (exact) mass is 300 g/mol. The van der Waals surface area contributed by atoms with Gasteiger partial charge < -0.3 is 5.32 Å². The first-order valence-corrected chi connectivity index (χ1v) is 6.36. The summed E-state index contributed by atoms with van der Waals surface area (Å²) in [5.74, 6) is 0.0808. The van der Waals surface area contributed by atoms with Crippen LogP contribution in [0.2, 0.25) is 5.15 Å². The van der Waals surface area contributed by atoms with Crippen LogP contribution in [0.15, 0.2) is 49.2 Å². The summed E-state index contributed by atoms with van der Waals surface area (Å²) >= 11 is 5.78. The lowest BCUT2D eigenvalue weighted by atomic mass is 10.3. The van der Waals surface area contributed by atoms with Gasteiger partial charge in [-0.1, -0.05) is 17.7 Å². The number of aromatic nitrogens is 5. The Hall–Kier alpha value is -2.80. The lowest BCUT2D eigenvalue weighted by molar-refractivity contribution is 0.102.